The Labute approximate surface area is 222 Å². The molecule has 36 heavy (non-hydrogen) atoms. The zero-order valence-electron chi connectivity index (χ0n) is 21.7. The van der Waals surface area contributed by atoms with Crippen LogP contribution in [0.3, 0.4) is 0 Å². The fraction of sp³-hybridized carbons (Fsp3) is 0.640. The Hall–Kier alpha value is -2.23. The maximum absolute atomic E-state index is 13.5. The number of carbonyl (C=O) groups excluding carboxylic acids is 3. The second kappa shape index (κ2) is 11.9. The predicted octanol–water partition coefficient (Wildman–Crippen LogP) is 4.24. The van der Waals surface area contributed by atoms with Crippen LogP contribution in [0.5, 0.6) is 0 Å². The van der Waals surface area contributed by atoms with E-state index in [1.54, 1.807) is 30.9 Å². The van der Waals surface area contributed by atoms with Gasteiger partial charge in [0.15, 0.2) is 6.07 Å². The van der Waals surface area contributed by atoms with Gasteiger partial charge in [0, 0.05) is 23.5 Å². The Balaban J connectivity index is 2.04. The number of hydrogen-bond donors (Lipinski definition) is 3. The number of ether oxygens (including phenoxy) is 2. The average molecular weight is 546 g/mol. The predicted molar refractivity (Wildman–Crippen MR) is 138 cm³/mol. The molecule has 202 valence electrons. The molecular weight excluding hydrogens is 509 g/mol. The van der Waals surface area contributed by atoms with Gasteiger partial charge in [-0.2, -0.15) is 0 Å². The minimum Gasteiger partial charge on any atom is -0.426 e. The second-order valence-corrected chi connectivity index (χ2v) is 11.3. The van der Waals surface area contributed by atoms with Crippen LogP contribution >= 0.6 is 23.2 Å². The van der Waals surface area contributed by atoms with Gasteiger partial charge < -0.3 is 30.1 Å². The molecule has 1 aromatic rings. The van der Waals surface area contributed by atoms with E-state index in [2.05, 4.69) is 15.4 Å². The number of rotatable bonds is 8. The summed E-state index contributed by atoms with van der Waals surface area (Å²) in [7, 11) is 0. The lowest BCUT2D eigenvalue weighted by atomic mass is 9.66. The van der Waals surface area contributed by atoms with Gasteiger partial charge in [-0.25, -0.2) is 9.59 Å². The number of carbonyl (C=O) groups is 3. The summed E-state index contributed by atoms with van der Waals surface area (Å²) in [6.07, 6.45) is -0.604. The molecular formula is C25H37Cl2N3O6. The summed E-state index contributed by atoms with van der Waals surface area (Å²) >= 11 is 11.4. The van der Waals surface area contributed by atoms with E-state index < -0.39 is 34.8 Å². The van der Waals surface area contributed by atoms with Gasteiger partial charge in [-0.15, -0.1) is 0 Å². The van der Waals surface area contributed by atoms with Crippen molar-refractivity contribution in [3.05, 3.63) is 34.9 Å². The smallest absolute Gasteiger partial charge is 0.426 e. The highest BCUT2D eigenvalue weighted by Crippen LogP contribution is 2.46. The van der Waals surface area contributed by atoms with Gasteiger partial charge in [-0.1, -0.05) is 63.0 Å². The molecule has 9 nitrogen and oxygen atoms in total. The van der Waals surface area contributed by atoms with Gasteiger partial charge in [0.2, 0.25) is 5.91 Å². The van der Waals surface area contributed by atoms with E-state index in [1.807, 2.05) is 39.8 Å². The molecule has 1 fully saturated rings. The van der Waals surface area contributed by atoms with Crippen LogP contribution in [-0.4, -0.2) is 65.4 Å². The average Bonchev–Trinajstić information content (AvgIpc) is 2.77. The molecule has 0 aliphatic carbocycles. The Morgan fingerprint density at radius 2 is 1.81 bits per heavy atom. The van der Waals surface area contributed by atoms with E-state index in [4.69, 9.17) is 27.9 Å². The van der Waals surface area contributed by atoms with Crippen molar-refractivity contribution in [1.82, 2.24) is 15.5 Å². The van der Waals surface area contributed by atoms with E-state index in [0.717, 1.165) is 5.56 Å². The van der Waals surface area contributed by atoms with Gasteiger partial charge in [0.1, 0.15) is 11.6 Å². The number of halogens is 2. The number of alkyl halides is 1. The zero-order chi connectivity index (χ0) is 27.3. The molecule has 1 saturated heterocycles. The lowest BCUT2D eigenvalue weighted by molar-refractivity contribution is -0.155. The van der Waals surface area contributed by atoms with Crippen LogP contribution < -0.4 is 10.6 Å². The van der Waals surface area contributed by atoms with E-state index in [1.165, 1.54) is 0 Å². The number of urea groups is 1. The molecule has 11 heteroatoms. The fourth-order valence-electron chi connectivity index (χ4n) is 4.30. The summed E-state index contributed by atoms with van der Waals surface area (Å²) in [5.41, 5.74) is -2.09. The van der Waals surface area contributed by atoms with Gasteiger partial charge in [-0.3, -0.25) is 4.79 Å². The molecule has 0 aromatic heterocycles. The quantitative estimate of drug-likeness (QED) is 0.332. The second-order valence-electron chi connectivity index (χ2n) is 10.7. The van der Waals surface area contributed by atoms with Crippen molar-refractivity contribution in [3.8, 4) is 0 Å². The number of amides is 3. The number of likely N-dealkylation sites (tertiary alicyclic amines) is 1. The highest BCUT2D eigenvalue weighted by Gasteiger charge is 2.50. The number of nitrogens with zero attached hydrogens (tertiary/aromatic N) is 1. The van der Waals surface area contributed by atoms with Gasteiger partial charge in [-0.05, 0) is 43.9 Å². The first-order valence-electron chi connectivity index (χ1n) is 11.9. The third-order valence-electron chi connectivity index (χ3n) is 6.51. The lowest BCUT2D eigenvalue weighted by Gasteiger charge is -2.51. The monoisotopic (exact) mass is 545 g/mol. The van der Waals surface area contributed by atoms with Crippen LogP contribution in [0.25, 0.3) is 0 Å². The number of piperidine rings is 1. The number of benzene rings is 1. The normalized spacial score (nSPS) is 20.4. The summed E-state index contributed by atoms with van der Waals surface area (Å²) in [4.78, 5) is 39.3. The third-order valence-corrected chi connectivity index (χ3v) is 6.87. The maximum Gasteiger partial charge on any atom is 0.510 e. The third kappa shape index (κ3) is 7.40. The lowest BCUT2D eigenvalue weighted by Crippen LogP contribution is -2.61. The minimum atomic E-state index is -1.14. The van der Waals surface area contributed by atoms with Crippen molar-refractivity contribution in [2.24, 2.45) is 11.3 Å². The van der Waals surface area contributed by atoms with Crippen LogP contribution in [0.15, 0.2) is 24.3 Å². The molecule has 1 aliphatic rings. The molecule has 0 saturated carbocycles. The molecule has 0 bridgehead atoms. The summed E-state index contributed by atoms with van der Waals surface area (Å²) in [5, 5.41) is 17.5. The Morgan fingerprint density at radius 1 is 1.19 bits per heavy atom. The standard InChI is InChI=1S/C25H37Cl2N3O6/c1-16(2)19(29-21(32)28-13-24(5,6)36-22(33)35-15-26)20(31)30-12-11-25(34,23(3,4)14-30)17-7-9-18(27)10-8-17/h7-10,16,19,34H,11-15H2,1-6H3,(H2,28,29,32)/t19-,25+/m1/s1. The Bertz CT molecular complexity index is 938. The first kappa shape index (κ1) is 30.0. The van der Waals surface area contributed by atoms with Crippen LogP contribution in [0.4, 0.5) is 9.59 Å². The van der Waals surface area contributed by atoms with Gasteiger partial charge in [0.25, 0.3) is 0 Å². The summed E-state index contributed by atoms with van der Waals surface area (Å²) in [6.45, 7) is 11.4. The zero-order valence-corrected chi connectivity index (χ0v) is 23.2. The van der Waals surface area contributed by atoms with Crippen LogP contribution in [-0.2, 0) is 19.9 Å². The molecule has 3 N–H and O–H groups in total. The number of hydrogen-bond acceptors (Lipinski definition) is 6. The van der Waals surface area contributed by atoms with E-state index in [0.29, 0.717) is 24.5 Å². The number of nitrogens with one attached hydrogen (secondary N) is 2. The van der Waals surface area contributed by atoms with E-state index >= 15 is 0 Å². The van der Waals surface area contributed by atoms with Gasteiger partial charge in [0.05, 0.1) is 12.1 Å². The van der Waals surface area contributed by atoms with Crippen molar-refractivity contribution in [2.75, 3.05) is 25.7 Å². The molecule has 2 rings (SSSR count). The topological polar surface area (TPSA) is 117 Å². The Kier molecular flexibility index (Phi) is 9.90. The molecule has 0 spiro atoms. The van der Waals surface area contributed by atoms with E-state index in [9.17, 15) is 19.5 Å². The summed E-state index contributed by atoms with van der Waals surface area (Å²) in [6, 6.07) is 5.41. The van der Waals surface area contributed by atoms with Crippen LogP contribution in [0.1, 0.15) is 53.5 Å². The largest absolute Gasteiger partial charge is 0.510 e. The van der Waals surface area contributed by atoms with Crippen molar-refractivity contribution in [1.29, 1.82) is 0 Å². The fourth-order valence-corrected chi connectivity index (χ4v) is 4.52. The van der Waals surface area contributed by atoms with Gasteiger partial charge >= 0.3 is 12.2 Å². The van der Waals surface area contributed by atoms with Crippen molar-refractivity contribution < 1.29 is 29.0 Å². The van der Waals surface area contributed by atoms with Crippen molar-refractivity contribution in [2.45, 2.75) is 65.2 Å². The summed E-state index contributed by atoms with van der Waals surface area (Å²) < 4.78 is 9.66. The highest BCUT2D eigenvalue weighted by molar-refractivity contribution is 6.30. The maximum atomic E-state index is 13.5. The first-order valence-corrected chi connectivity index (χ1v) is 12.8. The van der Waals surface area contributed by atoms with Crippen molar-refractivity contribution >= 4 is 41.3 Å². The highest BCUT2D eigenvalue weighted by atomic mass is 35.5. The molecule has 1 aromatic carbocycles. The first-order chi connectivity index (χ1) is 16.6. The molecule has 1 aliphatic heterocycles. The molecule has 0 unspecified atom stereocenters. The molecule has 2 atom stereocenters. The minimum absolute atomic E-state index is 0.0138. The SMILES string of the molecule is CC(C)[C@@H](NC(=O)NCC(C)(C)OC(=O)OCCl)C(=O)N1CC[C@](O)(c2ccc(Cl)cc2)C(C)(C)C1. The van der Waals surface area contributed by atoms with Crippen molar-refractivity contribution in [3.63, 3.8) is 0 Å². The van der Waals surface area contributed by atoms with E-state index in [-0.39, 0.29) is 24.4 Å². The Morgan fingerprint density at radius 3 is 2.33 bits per heavy atom. The molecule has 0 radical (unpaired) electrons. The number of aliphatic hydroxyl groups is 1. The van der Waals surface area contributed by atoms with Crippen LogP contribution in [0.2, 0.25) is 5.02 Å². The molecule has 3 amide bonds. The molecule has 1 heterocycles. The van der Waals surface area contributed by atoms with Crippen LogP contribution in [0, 0.1) is 11.3 Å². The summed E-state index contributed by atoms with van der Waals surface area (Å²) in [5.74, 6) is -0.418.